The van der Waals surface area contributed by atoms with Crippen LogP contribution in [-0.4, -0.2) is 40.4 Å². The molecule has 0 spiro atoms. The first-order valence-corrected chi connectivity index (χ1v) is 10.1. The van der Waals surface area contributed by atoms with Gasteiger partial charge in [0.2, 0.25) is 10.0 Å². The number of ether oxygens (including phenoxy) is 3. The second kappa shape index (κ2) is 7.50. The summed E-state index contributed by atoms with van der Waals surface area (Å²) in [7, 11) is 1.21. The molecule has 0 amide bonds. The van der Waals surface area contributed by atoms with Gasteiger partial charge in [0.25, 0.3) is 0 Å². The number of nitrogens with one attached hydrogen (secondary N) is 1. The van der Waals surface area contributed by atoms with Gasteiger partial charge in [0.1, 0.15) is 5.75 Å². The number of hydrazine groups is 1. The summed E-state index contributed by atoms with van der Waals surface area (Å²) in [5.74, 6) is 1.88. The van der Waals surface area contributed by atoms with Crippen LogP contribution in [-0.2, 0) is 10.0 Å². The van der Waals surface area contributed by atoms with Crippen molar-refractivity contribution in [3.8, 4) is 17.2 Å². The molecule has 1 heterocycles. The van der Waals surface area contributed by atoms with Gasteiger partial charge in [-0.1, -0.05) is 12.1 Å². The van der Waals surface area contributed by atoms with Crippen molar-refractivity contribution in [1.29, 1.82) is 0 Å². The summed E-state index contributed by atoms with van der Waals surface area (Å²) in [6.07, 6.45) is 3.03. The van der Waals surface area contributed by atoms with Crippen LogP contribution in [0.4, 0.5) is 0 Å². The topological polar surface area (TPSA) is 77.1 Å². The van der Waals surface area contributed by atoms with Gasteiger partial charge in [-0.15, -0.1) is 4.41 Å². The first kappa shape index (κ1) is 19.1. The molecule has 0 saturated carbocycles. The number of rotatable bonds is 6. The summed E-state index contributed by atoms with van der Waals surface area (Å²) >= 11 is 0. The predicted octanol–water partition coefficient (Wildman–Crippen LogP) is 2.57. The maximum atomic E-state index is 12.3. The zero-order chi connectivity index (χ0) is 19.6. The fourth-order valence-electron chi connectivity index (χ4n) is 2.94. The third-order valence-corrected chi connectivity index (χ3v) is 5.35. The Morgan fingerprint density at radius 2 is 1.59 bits per heavy atom. The SMILES string of the molecule is COc1ccc([C@H]2C=C(c3ccc(OC)c(OC)c3)NN2S(C)(=O)=O)cc1. The Bertz CT molecular complexity index is 955. The molecule has 7 nitrogen and oxygen atoms in total. The minimum Gasteiger partial charge on any atom is -0.497 e. The quantitative estimate of drug-likeness (QED) is 0.817. The van der Waals surface area contributed by atoms with E-state index in [1.807, 2.05) is 24.3 Å². The summed E-state index contributed by atoms with van der Waals surface area (Å²) in [5.41, 5.74) is 5.27. The highest BCUT2D eigenvalue weighted by molar-refractivity contribution is 7.88. The standard InChI is InChI=1S/C19H22N2O5S/c1-24-15-8-5-13(6-9-15)17-12-16(20-21(17)27(4,22)23)14-7-10-18(25-2)19(11-14)26-3/h5-12,17,20H,1-4H3/t17-/m1/s1. The molecule has 0 bridgehead atoms. The summed E-state index contributed by atoms with van der Waals surface area (Å²) in [5, 5.41) is 0. The lowest BCUT2D eigenvalue weighted by Gasteiger charge is -2.23. The molecule has 0 unspecified atom stereocenters. The Morgan fingerprint density at radius 1 is 0.926 bits per heavy atom. The summed E-state index contributed by atoms with van der Waals surface area (Å²) in [6.45, 7) is 0. The highest BCUT2D eigenvalue weighted by Crippen LogP contribution is 2.36. The first-order valence-electron chi connectivity index (χ1n) is 8.21. The van der Waals surface area contributed by atoms with Crippen molar-refractivity contribution in [3.63, 3.8) is 0 Å². The van der Waals surface area contributed by atoms with E-state index in [1.54, 1.807) is 45.6 Å². The molecule has 1 atom stereocenters. The second-order valence-electron chi connectivity index (χ2n) is 6.04. The third kappa shape index (κ3) is 3.86. The van der Waals surface area contributed by atoms with Crippen LogP contribution in [0.15, 0.2) is 48.5 Å². The fourth-order valence-corrected chi connectivity index (χ4v) is 3.80. The fraction of sp³-hybridized carbons (Fsp3) is 0.263. The minimum absolute atomic E-state index is 0.478. The van der Waals surface area contributed by atoms with Crippen LogP contribution >= 0.6 is 0 Å². The molecule has 1 N–H and O–H groups in total. The Balaban J connectivity index is 2.01. The van der Waals surface area contributed by atoms with E-state index in [2.05, 4.69) is 5.43 Å². The molecule has 1 aliphatic rings. The molecule has 1 aliphatic heterocycles. The highest BCUT2D eigenvalue weighted by atomic mass is 32.2. The van der Waals surface area contributed by atoms with Gasteiger partial charge >= 0.3 is 0 Å². The van der Waals surface area contributed by atoms with Crippen molar-refractivity contribution < 1.29 is 22.6 Å². The molecule has 0 saturated heterocycles. The van der Waals surface area contributed by atoms with Gasteiger partial charge in [0, 0.05) is 5.56 Å². The van der Waals surface area contributed by atoms with Crippen LogP contribution in [0.25, 0.3) is 5.70 Å². The first-order chi connectivity index (χ1) is 12.9. The number of nitrogens with zero attached hydrogens (tertiary/aromatic N) is 1. The number of sulfonamides is 1. The van der Waals surface area contributed by atoms with E-state index < -0.39 is 16.1 Å². The second-order valence-corrected chi connectivity index (χ2v) is 7.90. The van der Waals surface area contributed by atoms with Gasteiger partial charge in [-0.05, 0) is 42.0 Å². The molecule has 0 radical (unpaired) electrons. The molecule has 2 aromatic rings. The molecule has 144 valence electrons. The van der Waals surface area contributed by atoms with E-state index in [1.165, 1.54) is 10.7 Å². The lowest BCUT2D eigenvalue weighted by atomic mass is 10.0. The molecule has 0 aromatic heterocycles. The number of methoxy groups -OCH3 is 3. The lowest BCUT2D eigenvalue weighted by molar-refractivity contribution is 0.349. The van der Waals surface area contributed by atoms with Gasteiger partial charge in [-0.2, -0.15) is 0 Å². The maximum absolute atomic E-state index is 12.3. The predicted molar refractivity (Wildman–Crippen MR) is 103 cm³/mol. The third-order valence-electron chi connectivity index (χ3n) is 4.32. The van der Waals surface area contributed by atoms with E-state index in [9.17, 15) is 8.42 Å². The molecular formula is C19H22N2O5S. The van der Waals surface area contributed by atoms with E-state index in [0.29, 0.717) is 22.9 Å². The van der Waals surface area contributed by atoms with Crippen LogP contribution in [0.3, 0.4) is 0 Å². The van der Waals surface area contributed by atoms with Crippen molar-refractivity contribution in [2.75, 3.05) is 27.6 Å². The smallest absolute Gasteiger partial charge is 0.228 e. The van der Waals surface area contributed by atoms with Crippen molar-refractivity contribution in [2.45, 2.75) is 6.04 Å². The summed E-state index contributed by atoms with van der Waals surface area (Å²) < 4.78 is 41.6. The molecular weight excluding hydrogens is 368 g/mol. The van der Waals surface area contributed by atoms with Crippen molar-refractivity contribution in [3.05, 3.63) is 59.7 Å². The van der Waals surface area contributed by atoms with Crippen molar-refractivity contribution >= 4 is 15.7 Å². The minimum atomic E-state index is -3.50. The lowest BCUT2D eigenvalue weighted by Crippen LogP contribution is -2.38. The average Bonchev–Trinajstić information content (AvgIpc) is 3.13. The molecule has 0 fully saturated rings. The van der Waals surface area contributed by atoms with Crippen LogP contribution in [0, 0.1) is 0 Å². The van der Waals surface area contributed by atoms with Gasteiger partial charge in [0.15, 0.2) is 11.5 Å². The van der Waals surface area contributed by atoms with Crippen LogP contribution in [0.1, 0.15) is 17.2 Å². The molecule has 8 heteroatoms. The van der Waals surface area contributed by atoms with Gasteiger partial charge < -0.3 is 19.6 Å². The zero-order valence-electron chi connectivity index (χ0n) is 15.6. The Kier molecular flexibility index (Phi) is 5.29. The largest absolute Gasteiger partial charge is 0.497 e. The van der Waals surface area contributed by atoms with Crippen LogP contribution in [0.5, 0.6) is 17.2 Å². The molecule has 0 aliphatic carbocycles. The zero-order valence-corrected chi connectivity index (χ0v) is 16.4. The van der Waals surface area contributed by atoms with Crippen molar-refractivity contribution in [1.82, 2.24) is 9.84 Å². The Morgan fingerprint density at radius 3 is 2.15 bits per heavy atom. The van der Waals surface area contributed by atoms with Crippen molar-refractivity contribution in [2.24, 2.45) is 0 Å². The van der Waals surface area contributed by atoms with Gasteiger partial charge in [0.05, 0.1) is 39.3 Å². The number of hydrogen-bond donors (Lipinski definition) is 1. The molecule has 3 rings (SSSR count). The monoisotopic (exact) mass is 390 g/mol. The van der Waals surface area contributed by atoms with E-state index in [0.717, 1.165) is 11.1 Å². The summed E-state index contributed by atoms with van der Waals surface area (Å²) in [4.78, 5) is 0. The van der Waals surface area contributed by atoms with E-state index >= 15 is 0 Å². The number of hydrogen-bond acceptors (Lipinski definition) is 6. The summed E-state index contributed by atoms with van der Waals surface area (Å²) in [6, 6.07) is 12.2. The average molecular weight is 390 g/mol. The van der Waals surface area contributed by atoms with Crippen LogP contribution in [0.2, 0.25) is 0 Å². The van der Waals surface area contributed by atoms with E-state index in [4.69, 9.17) is 14.2 Å². The Labute approximate surface area is 159 Å². The van der Waals surface area contributed by atoms with Crippen LogP contribution < -0.4 is 19.6 Å². The molecule has 2 aromatic carbocycles. The normalized spacial score (nSPS) is 17.2. The molecule has 27 heavy (non-hydrogen) atoms. The van der Waals surface area contributed by atoms with E-state index in [-0.39, 0.29) is 0 Å². The van der Waals surface area contributed by atoms with Gasteiger partial charge in [-0.3, -0.25) is 0 Å². The highest BCUT2D eigenvalue weighted by Gasteiger charge is 2.33. The number of benzene rings is 2. The van der Waals surface area contributed by atoms with Gasteiger partial charge in [-0.25, -0.2) is 8.42 Å². The maximum Gasteiger partial charge on any atom is 0.228 e. The Hall–Kier alpha value is -2.71.